The Kier molecular flexibility index (Phi) is 5.62. The molecule has 1 aromatic rings. The molecule has 1 nitrogen and oxygen atoms in total. The molecule has 30 heavy (non-hydrogen) atoms. The van der Waals surface area contributed by atoms with E-state index in [1.165, 1.54) is 31.2 Å². The number of rotatable bonds is 5. The number of fused-ring (bicyclic) bond motifs is 2. The fourth-order valence-electron chi connectivity index (χ4n) is 6.80. The SMILES string of the molecule is CC(C)C1=C([N+]2=CC3(C(C)c4ccccc4)CCC2(C)C[C@@H]3C)C(C(C)C)CC=C1. The highest BCUT2D eigenvalue weighted by molar-refractivity contribution is 5.66. The molecule has 5 atom stereocenters. The summed E-state index contributed by atoms with van der Waals surface area (Å²) in [5.41, 5.74) is 5.21. The van der Waals surface area contributed by atoms with E-state index in [1.54, 1.807) is 11.3 Å². The van der Waals surface area contributed by atoms with Crippen LogP contribution in [-0.2, 0) is 0 Å². The van der Waals surface area contributed by atoms with Gasteiger partial charge in [0.2, 0.25) is 0 Å². The molecule has 0 spiro atoms. The molecule has 0 amide bonds. The molecule has 4 unspecified atom stereocenters. The van der Waals surface area contributed by atoms with Gasteiger partial charge in [0.25, 0.3) is 0 Å². The van der Waals surface area contributed by atoms with Gasteiger partial charge < -0.3 is 0 Å². The van der Waals surface area contributed by atoms with Gasteiger partial charge in [0.15, 0.2) is 17.5 Å². The van der Waals surface area contributed by atoms with Crippen LogP contribution in [0.4, 0.5) is 0 Å². The van der Waals surface area contributed by atoms with E-state index in [9.17, 15) is 0 Å². The highest BCUT2D eigenvalue weighted by atomic mass is 15.1. The Bertz CT molecular complexity index is 871. The van der Waals surface area contributed by atoms with Crippen molar-refractivity contribution in [3.63, 3.8) is 0 Å². The van der Waals surface area contributed by atoms with Gasteiger partial charge >= 0.3 is 0 Å². The predicted octanol–water partition coefficient (Wildman–Crippen LogP) is 7.59. The van der Waals surface area contributed by atoms with E-state index >= 15 is 0 Å². The topological polar surface area (TPSA) is 3.01 Å². The maximum absolute atomic E-state index is 2.82. The minimum absolute atomic E-state index is 0.247. The van der Waals surface area contributed by atoms with E-state index in [1.807, 2.05) is 0 Å². The molecule has 162 valence electrons. The first-order chi connectivity index (χ1) is 14.2. The minimum Gasteiger partial charge on any atom is -0.200 e. The Morgan fingerprint density at radius 1 is 1.00 bits per heavy atom. The molecular weight excluding hydrogens is 362 g/mol. The van der Waals surface area contributed by atoms with Crippen molar-refractivity contribution in [3.8, 4) is 0 Å². The zero-order valence-electron chi connectivity index (χ0n) is 20.3. The third-order valence-electron chi connectivity index (χ3n) is 8.84. The Morgan fingerprint density at radius 3 is 2.30 bits per heavy atom. The zero-order valence-corrected chi connectivity index (χ0v) is 20.3. The van der Waals surface area contributed by atoms with Crippen molar-refractivity contribution in [2.75, 3.05) is 0 Å². The lowest BCUT2D eigenvalue weighted by Gasteiger charge is -2.53. The summed E-state index contributed by atoms with van der Waals surface area (Å²) in [7, 11) is 0. The van der Waals surface area contributed by atoms with Crippen molar-refractivity contribution < 1.29 is 4.58 Å². The molecule has 2 bridgehead atoms. The van der Waals surface area contributed by atoms with Gasteiger partial charge in [-0.05, 0) is 42.1 Å². The van der Waals surface area contributed by atoms with Crippen LogP contribution < -0.4 is 0 Å². The summed E-state index contributed by atoms with van der Waals surface area (Å²) in [6, 6.07) is 11.2. The van der Waals surface area contributed by atoms with Crippen LogP contribution in [0.15, 0.2) is 53.8 Å². The molecule has 1 fully saturated rings. The lowest BCUT2D eigenvalue weighted by molar-refractivity contribution is -0.588. The second-order valence-corrected chi connectivity index (χ2v) is 11.3. The van der Waals surface area contributed by atoms with Gasteiger partial charge in [0.1, 0.15) is 0 Å². The van der Waals surface area contributed by atoms with E-state index in [-0.39, 0.29) is 11.0 Å². The first-order valence-corrected chi connectivity index (χ1v) is 12.3. The fourth-order valence-corrected chi connectivity index (χ4v) is 6.80. The molecule has 0 saturated heterocycles. The normalized spacial score (nSPS) is 34.6. The van der Waals surface area contributed by atoms with Crippen molar-refractivity contribution in [3.05, 3.63) is 59.3 Å². The van der Waals surface area contributed by atoms with Crippen LogP contribution >= 0.6 is 0 Å². The fraction of sp³-hybridized carbons (Fsp3) is 0.621. The summed E-state index contributed by atoms with van der Waals surface area (Å²) in [6.45, 7) is 17.1. The van der Waals surface area contributed by atoms with E-state index in [2.05, 4.69) is 102 Å². The number of nitrogens with zero attached hydrogens (tertiary/aromatic N) is 1. The van der Waals surface area contributed by atoms with Gasteiger partial charge in [0, 0.05) is 31.3 Å². The monoisotopic (exact) mass is 404 g/mol. The Hall–Kier alpha value is -1.63. The summed E-state index contributed by atoms with van der Waals surface area (Å²) in [6.07, 6.45) is 12.7. The van der Waals surface area contributed by atoms with Crippen LogP contribution in [0, 0.1) is 29.1 Å². The third-order valence-corrected chi connectivity index (χ3v) is 8.84. The van der Waals surface area contributed by atoms with Crippen LogP contribution in [0.1, 0.15) is 85.6 Å². The molecule has 5 rings (SSSR count). The number of benzene rings is 1. The first-order valence-electron chi connectivity index (χ1n) is 12.3. The number of allylic oxidation sites excluding steroid dienone is 4. The van der Waals surface area contributed by atoms with Crippen LogP contribution in [0.5, 0.6) is 0 Å². The van der Waals surface area contributed by atoms with Crippen molar-refractivity contribution in [2.45, 2.75) is 85.6 Å². The predicted molar refractivity (Wildman–Crippen MR) is 129 cm³/mol. The van der Waals surface area contributed by atoms with Crippen LogP contribution in [0.2, 0.25) is 0 Å². The van der Waals surface area contributed by atoms with Gasteiger partial charge in [-0.15, -0.1) is 0 Å². The Labute approximate surface area is 185 Å². The van der Waals surface area contributed by atoms with Gasteiger partial charge in [-0.1, -0.05) is 84.0 Å². The molecule has 0 N–H and O–H groups in total. The van der Waals surface area contributed by atoms with Crippen LogP contribution in [0.3, 0.4) is 0 Å². The van der Waals surface area contributed by atoms with Crippen molar-refractivity contribution in [2.24, 2.45) is 29.1 Å². The number of hydrogen-bond acceptors (Lipinski definition) is 0. The lowest BCUT2D eigenvalue weighted by atomic mass is 9.53. The Balaban J connectivity index is 1.90. The van der Waals surface area contributed by atoms with Crippen LogP contribution in [-0.4, -0.2) is 16.3 Å². The van der Waals surface area contributed by atoms with E-state index < -0.39 is 0 Å². The van der Waals surface area contributed by atoms with Crippen molar-refractivity contribution >= 4 is 6.21 Å². The Morgan fingerprint density at radius 2 is 1.70 bits per heavy atom. The average molecular weight is 405 g/mol. The minimum atomic E-state index is 0.247. The molecule has 1 aromatic carbocycles. The van der Waals surface area contributed by atoms with E-state index in [4.69, 9.17) is 0 Å². The van der Waals surface area contributed by atoms with Crippen molar-refractivity contribution in [1.29, 1.82) is 0 Å². The summed E-state index contributed by atoms with van der Waals surface area (Å²) in [4.78, 5) is 0. The van der Waals surface area contributed by atoms with Gasteiger partial charge in [-0.2, -0.15) is 0 Å². The largest absolute Gasteiger partial charge is 0.200 e. The molecule has 2 aliphatic heterocycles. The number of hydrogen-bond donors (Lipinski definition) is 0. The second kappa shape index (κ2) is 7.81. The highest BCUT2D eigenvalue weighted by Gasteiger charge is 2.60. The summed E-state index contributed by atoms with van der Waals surface area (Å²) in [5, 5.41) is 0. The third kappa shape index (κ3) is 3.33. The molecule has 2 aliphatic carbocycles. The van der Waals surface area contributed by atoms with Gasteiger partial charge in [-0.25, -0.2) is 4.58 Å². The highest BCUT2D eigenvalue weighted by Crippen LogP contribution is 2.57. The summed E-state index contributed by atoms with van der Waals surface area (Å²) < 4.78 is 2.82. The summed E-state index contributed by atoms with van der Waals surface area (Å²) in [5.74, 6) is 3.11. The smallest absolute Gasteiger partial charge is 0.188 e. The molecule has 0 aromatic heterocycles. The average Bonchev–Trinajstić information content (AvgIpc) is 2.73. The van der Waals surface area contributed by atoms with Gasteiger partial charge in [-0.3, -0.25) is 0 Å². The molecule has 4 aliphatic rings. The zero-order chi connectivity index (χ0) is 21.7. The molecule has 2 heterocycles. The molecule has 0 radical (unpaired) electrons. The van der Waals surface area contributed by atoms with Gasteiger partial charge in [0.05, 0.1) is 5.41 Å². The van der Waals surface area contributed by atoms with Crippen molar-refractivity contribution in [1.82, 2.24) is 0 Å². The van der Waals surface area contributed by atoms with Crippen LogP contribution in [0.25, 0.3) is 0 Å². The van der Waals surface area contributed by atoms with E-state index in [0.717, 1.165) is 0 Å². The molecular formula is C29H42N+. The lowest BCUT2D eigenvalue weighted by Crippen LogP contribution is -2.59. The quantitative estimate of drug-likeness (QED) is 0.445. The van der Waals surface area contributed by atoms with E-state index in [0.29, 0.717) is 29.6 Å². The first kappa shape index (κ1) is 21.6. The maximum Gasteiger partial charge on any atom is 0.188 e. The molecule has 1 heteroatoms. The second-order valence-electron chi connectivity index (χ2n) is 11.3. The summed E-state index contributed by atoms with van der Waals surface area (Å²) >= 11 is 0. The molecule has 1 saturated carbocycles. The maximum atomic E-state index is 2.82. The standard InChI is InChI=1S/C29H42N/c1-20(2)25-14-11-15-26(21(3)4)27(25)30-19-29(17-16-28(30,7)18-22(29)5)23(6)24-12-9-8-10-13-24/h8-14,19-23,26H,15-18H2,1-7H3/q+1/t22-,23?,26?,28?,29?/m0/s1.